The predicted octanol–water partition coefficient (Wildman–Crippen LogP) is 4.31. The van der Waals surface area contributed by atoms with E-state index in [1.54, 1.807) is 24.3 Å². The van der Waals surface area contributed by atoms with Crippen LogP contribution in [0.3, 0.4) is 0 Å². The Bertz CT molecular complexity index is 672. The minimum absolute atomic E-state index is 0.0167. The first kappa shape index (κ1) is 15.6. The Kier molecular flexibility index (Phi) is 4.72. The van der Waals surface area contributed by atoms with E-state index in [2.05, 4.69) is 22.6 Å². The summed E-state index contributed by atoms with van der Waals surface area (Å²) in [5, 5.41) is 9.77. The molecule has 0 saturated heterocycles. The lowest BCUT2D eigenvalue weighted by Crippen LogP contribution is -1.98. The molecule has 0 spiro atoms. The largest absolute Gasteiger partial charge is 0.504 e. The fourth-order valence-corrected chi connectivity index (χ4v) is 2.79. The van der Waals surface area contributed by atoms with Crippen molar-refractivity contribution in [3.63, 3.8) is 0 Å². The number of ketones is 1. The van der Waals surface area contributed by atoms with Gasteiger partial charge in [-0.3, -0.25) is 4.79 Å². The molecule has 110 valence electrons. The molecule has 0 atom stereocenters. The van der Waals surface area contributed by atoms with Gasteiger partial charge in [0.25, 0.3) is 0 Å². The quantitative estimate of drug-likeness (QED) is 0.616. The van der Waals surface area contributed by atoms with Gasteiger partial charge in [-0.1, -0.05) is 0 Å². The van der Waals surface area contributed by atoms with E-state index in [0.717, 1.165) is 9.13 Å². The van der Waals surface area contributed by atoms with Crippen molar-refractivity contribution in [2.45, 2.75) is 13.8 Å². The molecule has 0 heterocycles. The molecule has 0 saturated carbocycles. The summed E-state index contributed by atoms with van der Waals surface area (Å²) in [7, 11) is 1.49. The second-order valence-corrected chi connectivity index (χ2v) is 5.76. The molecule has 2 rings (SSSR count). The third kappa shape index (κ3) is 3.47. The van der Waals surface area contributed by atoms with Crippen LogP contribution in [0.5, 0.6) is 23.0 Å². The fraction of sp³-hybridized carbons (Fsp3) is 0.188. The van der Waals surface area contributed by atoms with E-state index in [1.807, 2.05) is 6.92 Å². The minimum atomic E-state index is 0.0167. The number of hydrogen-bond acceptors (Lipinski definition) is 4. The maximum atomic E-state index is 11.4. The molecule has 0 amide bonds. The molecule has 4 nitrogen and oxygen atoms in total. The highest BCUT2D eigenvalue weighted by atomic mass is 127. The standard InChI is InChI=1S/C16H15IO4/c1-9-6-11(10(2)18)7-13(17)16(9)21-12-4-5-15(20-3)14(19)8-12/h4-8,19H,1-3H3. The van der Waals surface area contributed by atoms with Crippen molar-refractivity contribution in [2.24, 2.45) is 0 Å². The predicted molar refractivity (Wildman–Crippen MR) is 88.6 cm³/mol. The van der Waals surface area contributed by atoms with E-state index in [1.165, 1.54) is 20.1 Å². The number of halogens is 1. The van der Waals surface area contributed by atoms with Crippen LogP contribution in [-0.4, -0.2) is 18.0 Å². The molecular weight excluding hydrogens is 383 g/mol. The van der Waals surface area contributed by atoms with Crippen molar-refractivity contribution in [3.05, 3.63) is 45.0 Å². The van der Waals surface area contributed by atoms with Crippen molar-refractivity contribution in [1.29, 1.82) is 0 Å². The topological polar surface area (TPSA) is 55.8 Å². The lowest BCUT2D eigenvalue weighted by Gasteiger charge is -2.13. The molecule has 1 N–H and O–H groups in total. The maximum Gasteiger partial charge on any atom is 0.161 e. The van der Waals surface area contributed by atoms with E-state index in [9.17, 15) is 9.90 Å². The minimum Gasteiger partial charge on any atom is -0.504 e. The Morgan fingerprint density at radius 3 is 2.48 bits per heavy atom. The lowest BCUT2D eigenvalue weighted by molar-refractivity contribution is 0.101. The normalized spacial score (nSPS) is 10.3. The van der Waals surface area contributed by atoms with Crippen molar-refractivity contribution < 1.29 is 19.4 Å². The zero-order chi connectivity index (χ0) is 15.6. The number of rotatable bonds is 4. The number of carbonyl (C=O) groups is 1. The van der Waals surface area contributed by atoms with Crippen LogP contribution in [0.15, 0.2) is 30.3 Å². The summed E-state index contributed by atoms with van der Waals surface area (Å²) in [5.41, 5.74) is 1.52. The SMILES string of the molecule is COc1ccc(Oc2c(C)cc(C(C)=O)cc2I)cc1O. The molecule has 0 fully saturated rings. The van der Waals surface area contributed by atoms with Crippen molar-refractivity contribution in [2.75, 3.05) is 7.11 Å². The number of Topliss-reactive ketones (excluding diaryl/α,β-unsaturated/α-hetero) is 1. The van der Waals surface area contributed by atoms with Gasteiger partial charge in [-0.25, -0.2) is 0 Å². The van der Waals surface area contributed by atoms with Crippen LogP contribution in [-0.2, 0) is 0 Å². The zero-order valence-corrected chi connectivity index (χ0v) is 14.1. The zero-order valence-electron chi connectivity index (χ0n) is 11.9. The summed E-state index contributed by atoms with van der Waals surface area (Å²) in [6.07, 6.45) is 0. The molecule has 0 aliphatic heterocycles. The van der Waals surface area contributed by atoms with Crippen LogP contribution in [0.2, 0.25) is 0 Å². The number of aromatic hydroxyl groups is 1. The summed E-state index contributed by atoms with van der Waals surface area (Å²) in [6.45, 7) is 3.42. The summed E-state index contributed by atoms with van der Waals surface area (Å²) in [5.74, 6) is 1.60. The number of aryl methyl sites for hydroxylation is 1. The van der Waals surface area contributed by atoms with Gasteiger partial charge < -0.3 is 14.6 Å². The molecule has 0 radical (unpaired) electrons. The summed E-state index contributed by atoms with van der Waals surface area (Å²) >= 11 is 2.13. The first-order chi connectivity index (χ1) is 9.92. The van der Waals surface area contributed by atoms with Gasteiger partial charge in [0.05, 0.1) is 10.7 Å². The number of benzene rings is 2. The molecule has 5 heteroatoms. The molecule has 2 aromatic carbocycles. The Morgan fingerprint density at radius 1 is 1.24 bits per heavy atom. The molecule has 0 unspecified atom stereocenters. The monoisotopic (exact) mass is 398 g/mol. The number of methoxy groups -OCH3 is 1. The molecule has 21 heavy (non-hydrogen) atoms. The molecule has 0 aliphatic rings. The second-order valence-electron chi connectivity index (χ2n) is 4.60. The van der Waals surface area contributed by atoms with Crippen LogP contribution < -0.4 is 9.47 Å². The van der Waals surface area contributed by atoms with E-state index in [0.29, 0.717) is 22.8 Å². The highest BCUT2D eigenvalue weighted by Gasteiger charge is 2.12. The van der Waals surface area contributed by atoms with E-state index >= 15 is 0 Å². The fourth-order valence-electron chi connectivity index (χ4n) is 1.91. The summed E-state index contributed by atoms with van der Waals surface area (Å²) < 4.78 is 11.7. The number of carbonyl (C=O) groups excluding carboxylic acids is 1. The summed E-state index contributed by atoms with van der Waals surface area (Å²) in [6, 6.07) is 8.43. The van der Waals surface area contributed by atoms with Crippen LogP contribution in [0, 0.1) is 10.5 Å². The molecule has 0 aromatic heterocycles. The highest BCUT2D eigenvalue weighted by molar-refractivity contribution is 14.1. The summed E-state index contributed by atoms with van der Waals surface area (Å²) in [4.78, 5) is 11.4. The highest BCUT2D eigenvalue weighted by Crippen LogP contribution is 2.35. The number of hydrogen-bond donors (Lipinski definition) is 1. The molecule has 2 aromatic rings. The van der Waals surface area contributed by atoms with Gasteiger partial charge in [-0.15, -0.1) is 0 Å². The van der Waals surface area contributed by atoms with Gasteiger partial charge in [0.15, 0.2) is 17.3 Å². The van der Waals surface area contributed by atoms with Gasteiger partial charge in [-0.05, 0) is 66.3 Å². The average Bonchev–Trinajstić information content (AvgIpc) is 2.42. The van der Waals surface area contributed by atoms with Crippen LogP contribution in [0.25, 0.3) is 0 Å². The number of ether oxygens (including phenoxy) is 2. The number of phenols is 1. The van der Waals surface area contributed by atoms with E-state index in [4.69, 9.17) is 9.47 Å². The molecule has 0 bridgehead atoms. The Morgan fingerprint density at radius 2 is 1.95 bits per heavy atom. The lowest BCUT2D eigenvalue weighted by atomic mass is 10.1. The molecule has 0 aliphatic carbocycles. The smallest absolute Gasteiger partial charge is 0.161 e. The Labute approximate surface area is 136 Å². The van der Waals surface area contributed by atoms with Gasteiger partial charge in [0, 0.05) is 11.6 Å². The van der Waals surface area contributed by atoms with E-state index in [-0.39, 0.29) is 11.5 Å². The van der Waals surface area contributed by atoms with Gasteiger partial charge >= 0.3 is 0 Å². The van der Waals surface area contributed by atoms with E-state index < -0.39 is 0 Å². The first-order valence-corrected chi connectivity index (χ1v) is 7.36. The maximum absolute atomic E-state index is 11.4. The van der Waals surface area contributed by atoms with Crippen LogP contribution in [0.4, 0.5) is 0 Å². The third-order valence-corrected chi connectivity index (χ3v) is 3.81. The van der Waals surface area contributed by atoms with Gasteiger partial charge in [0.2, 0.25) is 0 Å². The molecular formula is C16H15IO4. The van der Waals surface area contributed by atoms with Gasteiger partial charge in [-0.2, -0.15) is 0 Å². The van der Waals surface area contributed by atoms with Crippen LogP contribution >= 0.6 is 22.6 Å². The van der Waals surface area contributed by atoms with Crippen molar-refractivity contribution >= 4 is 28.4 Å². The van der Waals surface area contributed by atoms with Crippen molar-refractivity contribution in [1.82, 2.24) is 0 Å². The average molecular weight is 398 g/mol. The third-order valence-electron chi connectivity index (χ3n) is 3.01. The Hall–Kier alpha value is -1.76. The second kappa shape index (κ2) is 6.34. The van der Waals surface area contributed by atoms with Gasteiger partial charge in [0.1, 0.15) is 11.5 Å². The van der Waals surface area contributed by atoms with Crippen molar-refractivity contribution in [3.8, 4) is 23.0 Å². The number of phenolic OH excluding ortho intramolecular Hbond substituents is 1. The van der Waals surface area contributed by atoms with Crippen LogP contribution in [0.1, 0.15) is 22.8 Å². The Balaban J connectivity index is 2.35. The first-order valence-electron chi connectivity index (χ1n) is 6.28.